The molecule has 0 fully saturated rings. The van der Waals surface area contributed by atoms with E-state index in [1.54, 1.807) is 0 Å². The van der Waals surface area contributed by atoms with Crippen LogP contribution in [0, 0.1) is 0 Å². The van der Waals surface area contributed by atoms with Crippen molar-refractivity contribution in [1.82, 2.24) is 4.98 Å². The average Bonchev–Trinajstić information content (AvgIpc) is 2.61. The zero-order valence-corrected chi connectivity index (χ0v) is 8.14. The van der Waals surface area contributed by atoms with Crippen molar-refractivity contribution in [3.8, 4) is 0 Å². The second-order valence-corrected chi connectivity index (χ2v) is 3.58. The van der Waals surface area contributed by atoms with Crippen LogP contribution >= 0.6 is 0 Å². The fourth-order valence-electron chi connectivity index (χ4n) is 1.77. The number of fused-ring (bicyclic) bond motifs is 1. The van der Waals surface area contributed by atoms with E-state index in [-0.39, 0.29) is 0 Å². The Labute approximate surface area is 79.4 Å². The maximum atomic E-state index is 4.58. The van der Waals surface area contributed by atoms with Crippen molar-refractivity contribution >= 4 is 5.82 Å². The van der Waals surface area contributed by atoms with E-state index >= 15 is 0 Å². The van der Waals surface area contributed by atoms with Crippen LogP contribution < -0.4 is 5.32 Å². The van der Waals surface area contributed by atoms with Crippen LogP contribution in [0.15, 0.2) is 12.1 Å². The second-order valence-electron chi connectivity index (χ2n) is 3.58. The minimum atomic E-state index is 1.02. The maximum Gasteiger partial charge on any atom is 0.126 e. The third-order valence-corrected chi connectivity index (χ3v) is 2.48. The Morgan fingerprint density at radius 1 is 1.38 bits per heavy atom. The van der Waals surface area contributed by atoms with Crippen LogP contribution in [0.3, 0.4) is 0 Å². The topological polar surface area (TPSA) is 24.9 Å². The number of anilines is 1. The van der Waals surface area contributed by atoms with Gasteiger partial charge in [-0.2, -0.15) is 0 Å². The molecule has 1 aliphatic rings. The highest BCUT2D eigenvalue weighted by Crippen LogP contribution is 2.21. The molecule has 2 rings (SSSR count). The van der Waals surface area contributed by atoms with Gasteiger partial charge in [-0.15, -0.1) is 0 Å². The lowest BCUT2D eigenvalue weighted by atomic mass is 10.2. The number of rotatable bonds is 3. The molecule has 0 amide bonds. The molecule has 1 aliphatic carbocycles. The molecule has 0 saturated heterocycles. The van der Waals surface area contributed by atoms with Crippen molar-refractivity contribution in [2.45, 2.75) is 32.6 Å². The van der Waals surface area contributed by atoms with Gasteiger partial charge in [-0.25, -0.2) is 4.98 Å². The van der Waals surface area contributed by atoms with Crippen LogP contribution in [0.25, 0.3) is 0 Å². The number of hydrogen-bond donors (Lipinski definition) is 1. The minimum absolute atomic E-state index is 1.02. The summed E-state index contributed by atoms with van der Waals surface area (Å²) in [5.74, 6) is 1.04. The molecule has 0 saturated carbocycles. The van der Waals surface area contributed by atoms with Gasteiger partial charge in [0.1, 0.15) is 5.82 Å². The number of hydrogen-bond acceptors (Lipinski definition) is 2. The highest BCUT2D eigenvalue weighted by molar-refractivity contribution is 5.40. The first-order valence-electron chi connectivity index (χ1n) is 5.13. The van der Waals surface area contributed by atoms with Gasteiger partial charge in [-0.1, -0.05) is 13.0 Å². The Balaban J connectivity index is 2.12. The Morgan fingerprint density at radius 3 is 3.15 bits per heavy atom. The lowest BCUT2D eigenvalue weighted by molar-refractivity contribution is 0.897. The summed E-state index contributed by atoms with van der Waals surface area (Å²) in [6, 6.07) is 4.31. The van der Waals surface area contributed by atoms with Gasteiger partial charge in [0, 0.05) is 12.2 Å². The van der Waals surface area contributed by atoms with E-state index in [0.717, 1.165) is 25.2 Å². The van der Waals surface area contributed by atoms with Crippen molar-refractivity contribution < 1.29 is 0 Å². The molecule has 0 atom stereocenters. The van der Waals surface area contributed by atoms with Gasteiger partial charge < -0.3 is 5.32 Å². The number of aryl methyl sites for hydroxylation is 2. The largest absolute Gasteiger partial charge is 0.370 e. The van der Waals surface area contributed by atoms with Crippen LogP contribution in [0.5, 0.6) is 0 Å². The number of nitrogens with one attached hydrogen (secondary N) is 1. The fraction of sp³-hybridized carbons (Fsp3) is 0.545. The first-order chi connectivity index (χ1) is 6.40. The molecule has 0 unspecified atom stereocenters. The summed E-state index contributed by atoms with van der Waals surface area (Å²) in [6.45, 7) is 3.19. The van der Waals surface area contributed by atoms with Gasteiger partial charge in [0.25, 0.3) is 0 Å². The molecule has 0 radical (unpaired) electrons. The Kier molecular flexibility index (Phi) is 2.48. The standard InChI is InChI=1S/C11H16N2/c1-2-8-12-11-7-6-9-4-3-5-10(9)13-11/h6-7H,2-5,8H2,1H3,(H,12,13). The van der Waals surface area contributed by atoms with Gasteiger partial charge in [-0.3, -0.25) is 0 Å². The van der Waals surface area contributed by atoms with Crippen LogP contribution in [0.1, 0.15) is 31.0 Å². The van der Waals surface area contributed by atoms with Gasteiger partial charge in [0.05, 0.1) is 0 Å². The maximum absolute atomic E-state index is 4.58. The van der Waals surface area contributed by atoms with Crippen LogP contribution in [0.2, 0.25) is 0 Å². The lowest BCUT2D eigenvalue weighted by Gasteiger charge is -2.05. The van der Waals surface area contributed by atoms with Crippen LogP contribution in [-0.2, 0) is 12.8 Å². The summed E-state index contributed by atoms with van der Waals surface area (Å²) < 4.78 is 0. The molecule has 1 heterocycles. The molecule has 0 spiro atoms. The van der Waals surface area contributed by atoms with E-state index in [1.807, 2.05) is 0 Å². The molecule has 1 N–H and O–H groups in total. The van der Waals surface area contributed by atoms with Crippen LogP contribution in [0.4, 0.5) is 5.82 Å². The summed E-state index contributed by atoms with van der Waals surface area (Å²) in [5, 5.41) is 3.31. The molecule has 1 aromatic heterocycles. The highest BCUT2D eigenvalue weighted by Gasteiger charge is 2.11. The van der Waals surface area contributed by atoms with E-state index in [0.29, 0.717) is 0 Å². The van der Waals surface area contributed by atoms with Crippen molar-refractivity contribution in [3.63, 3.8) is 0 Å². The summed E-state index contributed by atoms with van der Waals surface area (Å²) in [4.78, 5) is 4.58. The van der Waals surface area contributed by atoms with Gasteiger partial charge in [0.2, 0.25) is 0 Å². The molecule has 2 nitrogen and oxygen atoms in total. The first kappa shape index (κ1) is 8.54. The quantitative estimate of drug-likeness (QED) is 0.765. The van der Waals surface area contributed by atoms with E-state index in [4.69, 9.17) is 0 Å². The van der Waals surface area contributed by atoms with Gasteiger partial charge in [-0.05, 0) is 37.3 Å². The van der Waals surface area contributed by atoms with E-state index in [1.165, 1.54) is 24.1 Å². The number of nitrogens with zero attached hydrogens (tertiary/aromatic N) is 1. The molecule has 2 heteroatoms. The van der Waals surface area contributed by atoms with E-state index in [9.17, 15) is 0 Å². The SMILES string of the molecule is CCCNc1ccc2c(n1)CCC2. The number of pyridine rings is 1. The van der Waals surface area contributed by atoms with E-state index < -0.39 is 0 Å². The first-order valence-corrected chi connectivity index (χ1v) is 5.13. The lowest BCUT2D eigenvalue weighted by Crippen LogP contribution is -2.03. The van der Waals surface area contributed by atoms with Crippen molar-refractivity contribution in [2.24, 2.45) is 0 Å². The van der Waals surface area contributed by atoms with Crippen LogP contribution in [-0.4, -0.2) is 11.5 Å². The van der Waals surface area contributed by atoms with Crippen molar-refractivity contribution in [3.05, 3.63) is 23.4 Å². The Hall–Kier alpha value is -1.05. The fourth-order valence-corrected chi connectivity index (χ4v) is 1.77. The third kappa shape index (κ3) is 1.82. The molecule has 0 aromatic carbocycles. The molecular weight excluding hydrogens is 160 g/mol. The normalized spacial score (nSPS) is 14.2. The molecular formula is C11H16N2. The molecule has 13 heavy (non-hydrogen) atoms. The molecule has 0 bridgehead atoms. The zero-order valence-electron chi connectivity index (χ0n) is 8.14. The molecule has 70 valence electrons. The monoisotopic (exact) mass is 176 g/mol. The minimum Gasteiger partial charge on any atom is -0.370 e. The smallest absolute Gasteiger partial charge is 0.126 e. The van der Waals surface area contributed by atoms with Gasteiger partial charge in [0.15, 0.2) is 0 Å². The third-order valence-electron chi connectivity index (χ3n) is 2.48. The molecule has 1 aromatic rings. The Morgan fingerprint density at radius 2 is 2.31 bits per heavy atom. The zero-order chi connectivity index (χ0) is 9.10. The predicted molar refractivity (Wildman–Crippen MR) is 55.0 cm³/mol. The van der Waals surface area contributed by atoms with Gasteiger partial charge >= 0.3 is 0 Å². The molecule has 0 aliphatic heterocycles. The summed E-state index contributed by atoms with van der Waals surface area (Å²) in [6.07, 6.45) is 4.81. The Bertz CT molecular complexity index is 294. The second kappa shape index (κ2) is 3.77. The summed E-state index contributed by atoms with van der Waals surface area (Å²) in [7, 11) is 0. The summed E-state index contributed by atoms with van der Waals surface area (Å²) in [5.41, 5.74) is 2.75. The average molecular weight is 176 g/mol. The van der Waals surface area contributed by atoms with Crippen molar-refractivity contribution in [1.29, 1.82) is 0 Å². The van der Waals surface area contributed by atoms with E-state index in [2.05, 4.69) is 29.4 Å². The summed E-state index contributed by atoms with van der Waals surface area (Å²) >= 11 is 0. The van der Waals surface area contributed by atoms with Crippen molar-refractivity contribution in [2.75, 3.05) is 11.9 Å². The predicted octanol–water partition coefficient (Wildman–Crippen LogP) is 2.39. The number of aromatic nitrogens is 1. The highest BCUT2D eigenvalue weighted by atomic mass is 15.0.